The van der Waals surface area contributed by atoms with Crippen LogP contribution in [0, 0.1) is 0 Å². The van der Waals surface area contributed by atoms with Crippen LogP contribution in [0.3, 0.4) is 0 Å². The second-order valence-electron chi connectivity index (χ2n) is 7.51. The van der Waals surface area contributed by atoms with E-state index in [2.05, 4.69) is 15.0 Å². The predicted octanol–water partition coefficient (Wildman–Crippen LogP) is 4.43. The van der Waals surface area contributed by atoms with Crippen LogP contribution in [0.1, 0.15) is 17.0 Å². The molecule has 2 heterocycles. The number of halogens is 3. The minimum Gasteiger partial charge on any atom is -0.497 e. The SMILES string of the molecule is COc1ccc(C2=NN(CC(=O)Nc3ccc(OC(F)(F)F)cc3)CC2c2ccncc2)cc1. The largest absolute Gasteiger partial charge is 0.573 e. The second kappa shape index (κ2) is 9.82. The van der Waals surface area contributed by atoms with E-state index in [4.69, 9.17) is 9.84 Å². The Labute approximate surface area is 193 Å². The molecule has 0 saturated carbocycles. The monoisotopic (exact) mass is 470 g/mol. The zero-order chi connectivity index (χ0) is 24.1. The number of anilines is 1. The van der Waals surface area contributed by atoms with E-state index >= 15 is 0 Å². The fourth-order valence-corrected chi connectivity index (χ4v) is 3.65. The Bertz CT molecular complexity index is 1150. The number of methoxy groups -OCH3 is 1. The molecule has 0 aliphatic carbocycles. The Morgan fingerprint density at radius 2 is 1.68 bits per heavy atom. The molecule has 10 heteroatoms. The molecule has 7 nitrogen and oxygen atoms in total. The average Bonchev–Trinajstić information content (AvgIpc) is 3.23. The van der Waals surface area contributed by atoms with Crippen molar-refractivity contribution in [3.05, 3.63) is 84.2 Å². The van der Waals surface area contributed by atoms with E-state index < -0.39 is 6.36 Å². The number of carbonyl (C=O) groups excluding carboxylic acids is 1. The van der Waals surface area contributed by atoms with Crippen molar-refractivity contribution >= 4 is 17.3 Å². The summed E-state index contributed by atoms with van der Waals surface area (Å²) < 4.78 is 46.0. The van der Waals surface area contributed by atoms with Gasteiger partial charge in [0.25, 0.3) is 0 Å². The molecular formula is C24H21F3N4O3. The van der Waals surface area contributed by atoms with Gasteiger partial charge in [0.1, 0.15) is 18.0 Å². The Morgan fingerprint density at radius 3 is 2.29 bits per heavy atom. The van der Waals surface area contributed by atoms with Crippen molar-refractivity contribution in [2.24, 2.45) is 5.10 Å². The standard InChI is InChI=1S/C24H21F3N4O3/c1-33-19-6-2-17(3-7-19)23-21(16-10-12-28-13-11-16)14-31(30-23)15-22(32)29-18-4-8-20(9-5-18)34-24(25,26)27/h2-13,21H,14-15H2,1H3,(H,29,32). The highest BCUT2D eigenvalue weighted by Crippen LogP contribution is 2.29. The molecule has 34 heavy (non-hydrogen) atoms. The molecule has 1 aliphatic heterocycles. The summed E-state index contributed by atoms with van der Waals surface area (Å²) in [5.41, 5.74) is 3.09. The van der Waals surface area contributed by atoms with Crippen molar-refractivity contribution in [3.63, 3.8) is 0 Å². The third kappa shape index (κ3) is 5.83. The maximum atomic E-state index is 12.6. The second-order valence-corrected chi connectivity index (χ2v) is 7.51. The zero-order valence-corrected chi connectivity index (χ0v) is 18.1. The van der Waals surface area contributed by atoms with Crippen LogP contribution >= 0.6 is 0 Å². The van der Waals surface area contributed by atoms with Crippen LogP contribution in [0.25, 0.3) is 0 Å². The summed E-state index contributed by atoms with van der Waals surface area (Å²) >= 11 is 0. The van der Waals surface area contributed by atoms with Gasteiger partial charge < -0.3 is 14.8 Å². The lowest BCUT2D eigenvalue weighted by atomic mass is 9.91. The van der Waals surface area contributed by atoms with Crippen molar-refractivity contribution < 1.29 is 27.4 Å². The number of rotatable bonds is 7. The van der Waals surface area contributed by atoms with Gasteiger partial charge in [0.05, 0.1) is 12.8 Å². The van der Waals surface area contributed by atoms with E-state index in [-0.39, 0.29) is 24.1 Å². The summed E-state index contributed by atoms with van der Waals surface area (Å²) in [7, 11) is 1.60. The number of benzene rings is 2. The van der Waals surface area contributed by atoms with Crippen LogP contribution in [-0.4, -0.2) is 48.2 Å². The summed E-state index contributed by atoms with van der Waals surface area (Å²) in [4.78, 5) is 16.7. The molecule has 0 fully saturated rings. The summed E-state index contributed by atoms with van der Waals surface area (Å²) in [5.74, 6) is -0.0506. The molecule has 0 radical (unpaired) electrons. The maximum Gasteiger partial charge on any atom is 0.573 e. The average molecular weight is 470 g/mol. The normalized spacial score (nSPS) is 15.6. The van der Waals surface area contributed by atoms with Crippen LogP contribution in [0.5, 0.6) is 11.5 Å². The number of ether oxygens (including phenoxy) is 2. The highest BCUT2D eigenvalue weighted by Gasteiger charge is 2.31. The quantitative estimate of drug-likeness (QED) is 0.553. The highest BCUT2D eigenvalue weighted by atomic mass is 19.4. The molecule has 1 aliphatic rings. The van der Waals surface area contributed by atoms with Crippen molar-refractivity contribution in [3.8, 4) is 11.5 Å². The summed E-state index contributed by atoms with van der Waals surface area (Å²) in [6.07, 6.45) is -1.35. The number of nitrogens with one attached hydrogen (secondary N) is 1. The molecule has 0 saturated heterocycles. The highest BCUT2D eigenvalue weighted by molar-refractivity contribution is 6.06. The van der Waals surface area contributed by atoms with Gasteiger partial charge in [-0.3, -0.25) is 14.8 Å². The molecule has 176 valence electrons. The van der Waals surface area contributed by atoms with Crippen LogP contribution in [0.2, 0.25) is 0 Å². The number of alkyl halides is 3. The van der Waals surface area contributed by atoms with Gasteiger partial charge in [0, 0.05) is 30.5 Å². The Kier molecular flexibility index (Phi) is 6.67. The number of hydrogen-bond donors (Lipinski definition) is 1. The van der Waals surface area contributed by atoms with Crippen molar-refractivity contribution in [2.75, 3.05) is 25.5 Å². The molecule has 3 aromatic rings. The first-order valence-corrected chi connectivity index (χ1v) is 10.3. The summed E-state index contributed by atoms with van der Waals surface area (Å²) in [6.45, 7) is 0.458. The van der Waals surface area contributed by atoms with Crippen LogP contribution in [0.4, 0.5) is 18.9 Å². The van der Waals surface area contributed by atoms with Crippen LogP contribution in [-0.2, 0) is 4.79 Å². The number of pyridine rings is 1. The van der Waals surface area contributed by atoms with Gasteiger partial charge in [-0.2, -0.15) is 5.10 Å². The molecule has 1 amide bonds. The van der Waals surface area contributed by atoms with Gasteiger partial charge in [-0.25, -0.2) is 0 Å². The smallest absolute Gasteiger partial charge is 0.497 e. The van der Waals surface area contributed by atoms with Crippen molar-refractivity contribution in [1.29, 1.82) is 0 Å². The first-order chi connectivity index (χ1) is 16.3. The minimum atomic E-state index is -4.77. The maximum absolute atomic E-state index is 12.6. The minimum absolute atomic E-state index is 0.0258. The molecule has 1 atom stereocenters. The number of aromatic nitrogens is 1. The first-order valence-electron chi connectivity index (χ1n) is 10.3. The van der Waals surface area contributed by atoms with Gasteiger partial charge >= 0.3 is 6.36 Å². The van der Waals surface area contributed by atoms with Crippen LogP contribution < -0.4 is 14.8 Å². The van der Waals surface area contributed by atoms with E-state index in [9.17, 15) is 18.0 Å². The van der Waals surface area contributed by atoms with Gasteiger partial charge in [0.2, 0.25) is 5.91 Å². The fourth-order valence-electron chi connectivity index (χ4n) is 3.65. The van der Waals surface area contributed by atoms with E-state index in [1.54, 1.807) is 24.5 Å². The lowest BCUT2D eigenvalue weighted by molar-refractivity contribution is -0.274. The number of hydrazone groups is 1. The zero-order valence-electron chi connectivity index (χ0n) is 18.1. The van der Waals surface area contributed by atoms with Crippen molar-refractivity contribution in [1.82, 2.24) is 9.99 Å². The first kappa shape index (κ1) is 23.1. The molecule has 0 spiro atoms. The summed E-state index contributed by atoms with van der Waals surface area (Å²) in [5, 5.41) is 9.03. The number of carbonyl (C=O) groups is 1. The molecule has 1 aromatic heterocycles. The predicted molar refractivity (Wildman–Crippen MR) is 120 cm³/mol. The number of nitrogens with zero attached hydrogens (tertiary/aromatic N) is 3. The molecule has 1 N–H and O–H groups in total. The summed E-state index contributed by atoms with van der Waals surface area (Å²) in [6, 6.07) is 16.3. The van der Waals surface area contributed by atoms with E-state index in [1.807, 2.05) is 36.4 Å². The van der Waals surface area contributed by atoms with Gasteiger partial charge in [-0.1, -0.05) is 0 Å². The third-order valence-corrected chi connectivity index (χ3v) is 5.16. The number of amides is 1. The Hall–Kier alpha value is -4.08. The van der Waals surface area contributed by atoms with Crippen molar-refractivity contribution in [2.45, 2.75) is 12.3 Å². The molecule has 2 aromatic carbocycles. The van der Waals surface area contributed by atoms with Crippen LogP contribution in [0.15, 0.2) is 78.2 Å². The number of hydrogen-bond acceptors (Lipinski definition) is 6. The van der Waals surface area contributed by atoms with Gasteiger partial charge in [0.15, 0.2) is 0 Å². The Balaban J connectivity index is 1.46. The molecular weight excluding hydrogens is 449 g/mol. The van der Waals surface area contributed by atoms with Gasteiger partial charge in [-0.15, -0.1) is 13.2 Å². The van der Waals surface area contributed by atoms with Gasteiger partial charge in [-0.05, 0) is 71.8 Å². The fraction of sp³-hybridized carbons (Fsp3) is 0.208. The van der Waals surface area contributed by atoms with E-state index in [0.717, 1.165) is 34.7 Å². The lowest BCUT2D eigenvalue weighted by Crippen LogP contribution is -2.29. The lowest BCUT2D eigenvalue weighted by Gasteiger charge is -2.16. The molecule has 0 bridgehead atoms. The Morgan fingerprint density at radius 1 is 1.03 bits per heavy atom. The topological polar surface area (TPSA) is 76.0 Å². The van der Waals surface area contributed by atoms with E-state index in [0.29, 0.717) is 12.2 Å². The molecule has 1 unspecified atom stereocenters. The van der Waals surface area contributed by atoms with E-state index in [1.165, 1.54) is 12.1 Å². The third-order valence-electron chi connectivity index (χ3n) is 5.16. The molecule has 4 rings (SSSR count).